The molecule has 4 heteroatoms. The molecular weight excluding hydrogens is 257 g/mol. The Kier molecular flexibility index (Phi) is 4.79. The molecule has 1 N–H and O–H groups in total. The van der Waals surface area contributed by atoms with Gasteiger partial charge in [0.05, 0.1) is 0 Å². The minimum Gasteiger partial charge on any atom is -0.483 e. The lowest BCUT2D eigenvalue weighted by molar-refractivity contribution is 0.256. The molecule has 0 spiro atoms. The van der Waals surface area contributed by atoms with Crippen LogP contribution in [0.4, 0.5) is 4.39 Å². The van der Waals surface area contributed by atoms with E-state index in [4.69, 9.17) is 9.15 Å². The molecule has 20 heavy (non-hydrogen) atoms. The van der Waals surface area contributed by atoms with Gasteiger partial charge in [-0.05, 0) is 38.1 Å². The van der Waals surface area contributed by atoms with E-state index in [1.807, 2.05) is 13.0 Å². The molecule has 0 aliphatic heterocycles. The third-order valence-electron chi connectivity index (χ3n) is 3.16. The number of aryl methyl sites for hydroxylation is 2. The average molecular weight is 277 g/mol. The predicted octanol–water partition coefficient (Wildman–Crippen LogP) is 3.72. The normalized spacial score (nSPS) is 10.8. The van der Waals surface area contributed by atoms with Crippen molar-refractivity contribution in [2.24, 2.45) is 0 Å². The first-order valence-electron chi connectivity index (χ1n) is 6.78. The largest absolute Gasteiger partial charge is 0.483 e. The highest BCUT2D eigenvalue weighted by Crippen LogP contribution is 2.22. The number of halogens is 1. The molecule has 0 saturated carbocycles. The van der Waals surface area contributed by atoms with Crippen LogP contribution in [0.15, 0.2) is 28.7 Å². The molecule has 0 fully saturated rings. The fraction of sp³-hybridized carbons (Fsp3) is 0.375. The van der Waals surface area contributed by atoms with E-state index in [1.54, 1.807) is 25.1 Å². The Hall–Kier alpha value is -1.81. The Bertz CT molecular complexity index is 578. The third kappa shape index (κ3) is 3.39. The van der Waals surface area contributed by atoms with Crippen LogP contribution in [0.5, 0.6) is 5.75 Å². The van der Waals surface area contributed by atoms with Crippen LogP contribution >= 0.6 is 0 Å². The fourth-order valence-electron chi connectivity index (χ4n) is 1.97. The molecule has 0 saturated heterocycles. The molecule has 3 nitrogen and oxygen atoms in total. The van der Waals surface area contributed by atoms with Gasteiger partial charge in [0.25, 0.3) is 0 Å². The first-order valence-corrected chi connectivity index (χ1v) is 6.78. The van der Waals surface area contributed by atoms with Gasteiger partial charge in [0.15, 0.2) is 11.6 Å². The minimum atomic E-state index is -0.316. The topological polar surface area (TPSA) is 34.4 Å². The van der Waals surface area contributed by atoms with E-state index < -0.39 is 0 Å². The summed E-state index contributed by atoms with van der Waals surface area (Å²) in [6.07, 6.45) is 0. The van der Waals surface area contributed by atoms with Gasteiger partial charge in [-0.1, -0.05) is 19.1 Å². The molecule has 0 aliphatic rings. The summed E-state index contributed by atoms with van der Waals surface area (Å²) in [5, 5.41) is 3.25. The summed E-state index contributed by atoms with van der Waals surface area (Å²) in [4.78, 5) is 0. The first-order chi connectivity index (χ1) is 9.61. The summed E-state index contributed by atoms with van der Waals surface area (Å²) >= 11 is 0. The van der Waals surface area contributed by atoms with Crippen molar-refractivity contribution in [3.63, 3.8) is 0 Å². The van der Waals surface area contributed by atoms with Crippen LogP contribution in [-0.2, 0) is 13.2 Å². The van der Waals surface area contributed by atoms with E-state index in [0.717, 1.165) is 24.4 Å². The molecule has 0 radical (unpaired) electrons. The van der Waals surface area contributed by atoms with Crippen molar-refractivity contribution in [3.8, 4) is 5.75 Å². The van der Waals surface area contributed by atoms with Crippen LogP contribution < -0.4 is 10.1 Å². The Morgan fingerprint density at radius 3 is 2.85 bits per heavy atom. The molecule has 108 valence electrons. The maximum atomic E-state index is 13.8. The molecule has 1 heterocycles. The monoisotopic (exact) mass is 277 g/mol. The zero-order chi connectivity index (χ0) is 14.5. The van der Waals surface area contributed by atoms with Gasteiger partial charge in [-0.2, -0.15) is 0 Å². The summed E-state index contributed by atoms with van der Waals surface area (Å²) in [6.45, 7) is 7.60. The van der Waals surface area contributed by atoms with Crippen LogP contribution in [0, 0.1) is 19.7 Å². The lowest BCUT2D eigenvalue weighted by Crippen LogP contribution is -2.11. The lowest BCUT2D eigenvalue weighted by Gasteiger charge is -2.06. The van der Waals surface area contributed by atoms with Gasteiger partial charge in [0.1, 0.15) is 18.1 Å². The van der Waals surface area contributed by atoms with Gasteiger partial charge in [-0.3, -0.25) is 0 Å². The molecule has 2 aromatic rings. The number of nitrogens with one attached hydrogen (secondary N) is 1. The maximum Gasteiger partial charge on any atom is 0.167 e. The van der Waals surface area contributed by atoms with Crippen molar-refractivity contribution in [1.29, 1.82) is 0 Å². The molecule has 0 aliphatic carbocycles. The number of benzene rings is 1. The second-order valence-electron chi connectivity index (χ2n) is 4.75. The summed E-state index contributed by atoms with van der Waals surface area (Å²) in [5.74, 6) is 1.52. The van der Waals surface area contributed by atoms with Gasteiger partial charge in [-0.25, -0.2) is 4.39 Å². The van der Waals surface area contributed by atoms with Gasteiger partial charge in [0.2, 0.25) is 0 Å². The van der Waals surface area contributed by atoms with Gasteiger partial charge in [-0.15, -0.1) is 0 Å². The summed E-state index contributed by atoms with van der Waals surface area (Å²) < 4.78 is 24.9. The number of furan rings is 1. The first kappa shape index (κ1) is 14.6. The van der Waals surface area contributed by atoms with E-state index in [0.29, 0.717) is 11.3 Å². The number of rotatable bonds is 6. The van der Waals surface area contributed by atoms with Crippen molar-refractivity contribution in [2.45, 2.75) is 33.9 Å². The van der Waals surface area contributed by atoms with Crippen molar-refractivity contribution in [2.75, 3.05) is 6.54 Å². The SMILES string of the molecule is CCNCc1cc(COc2cccc(C)c2F)oc1C. The average Bonchev–Trinajstić information content (AvgIpc) is 2.78. The Labute approximate surface area is 118 Å². The molecule has 1 aromatic heterocycles. The van der Waals surface area contributed by atoms with Gasteiger partial charge >= 0.3 is 0 Å². The number of hydrogen-bond acceptors (Lipinski definition) is 3. The van der Waals surface area contributed by atoms with Crippen LogP contribution in [0.2, 0.25) is 0 Å². The number of ether oxygens (including phenoxy) is 1. The summed E-state index contributed by atoms with van der Waals surface area (Å²) in [6, 6.07) is 7.06. The van der Waals surface area contributed by atoms with E-state index in [2.05, 4.69) is 12.2 Å². The second kappa shape index (κ2) is 6.57. The molecule has 0 atom stereocenters. The highest BCUT2D eigenvalue weighted by atomic mass is 19.1. The van der Waals surface area contributed by atoms with Crippen molar-refractivity contribution >= 4 is 0 Å². The van der Waals surface area contributed by atoms with E-state index in [-0.39, 0.29) is 18.2 Å². The fourth-order valence-corrected chi connectivity index (χ4v) is 1.97. The minimum absolute atomic E-state index is 0.230. The molecule has 2 rings (SSSR count). The Balaban J connectivity index is 2.02. The highest BCUT2D eigenvalue weighted by Gasteiger charge is 2.10. The lowest BCUT2D eigenvalue weighted by atomic mass is 10.2. The van der Waals surface area contributed by atoms with E-state index in [1.165, 1.54) is 0 Å². The smallest absolute Gasteiger partial charge is 0.167 e. The zero-order valence-corrected chi connectivity index (χ0v) is 12.1. The van der Waals surface area contributed by atoms with E-state index in [9.17, 15) is 4.39 Å². The Morgan fingerprint density at radius 2 is 2.10 bits per heavy atom. The Morgan fingerprint density at radius 1 is 1.30 bits per heavy atom. The molecule has 0 amide bonds. The predicted molar refractivity (Wildman–Crippen MR) is 76.3 cm³/mol. The van der Waals surface area contributed by atoms with Crippen molar-refractivity contribution in [3.05, 3.63) is 52.7 Å². The van der Waals surface area contributed by atoms with E-state index >= 15 is 0 Å². The highest BCUT2D eigenvalue weighted by molar-refractivity contribution is 5.30. The van der Waals surface area contributed by atoms with Gasteiger partial charge < -0.3 is 14.5 Å². The van der Waals surface area contributed by atoms with Crippen LogP contribution in [0.25, 0.3) is 0 Å². The molecule has 0 unspecified atom stereocenters. The van der Waals surface area contributed by atoms with Crippen molar-refractivity contribution < 1.29 is 13.5 Å². The third-order valence-corrected chi connectivity index (χ3v) is 3.16. The van der Waals surface area contributed by atoms with Gasteiger partial charge in [0, 0.05) is 12.1 Å². The van der Waals surface area contributed by atoms with Crippen LogP contribution in [0.3, 0.4) is 0 Å². The molecular formula is C16H20FNO2. The zero-order valence-electron chi connectivity index (χ0n) is 12.1. The standard InChI is InChI=1S/C16H20FNO2/c1-4-18-9-13-8-14(20-12(13)3)10-19-15-7-5-6-11(2)16(15)17/h5-8,18H,4,9-10H2,1-3H3. The molecule has 0 bridgehead atoms. The second-order valence-corrected chi connectivity index (χ2v) is 4.75. The van der Waals surface area contributed by atoms with Crippen LogP contribution in [0.1, 0.15) is 29.6 Å². The maximum absolute atomic E-state index is 13.8. The summed E-state index contributed by atoms with van der Waals surface area (Å²) in [7, 11) is 0. The quantitative estimate of drug-likeness (QED) is 0.873. The van der Waals surface area contributed by atoms with Crippen LogP contribution in [-0.4, -0.2) is 6.54 Å². The molecule has 1 aromatic carbocycles. The summed E-state index contributed by atoms with van der Waals surface area (Å²) in [5.41, 5.74) is 1.68. The van der Waals surface area contributed by atoms with Crippen molar-refractivity contribution in [1.82, 2.24) is 5.32 Å². The number of hydrogen-bond donors (Lipinski definition) is 1.